The van der Waals surface area contributed by atoms with Gasteiger partial charge in [0.25, 0.3) is 11.8 Å². The second kappa shape index (κ2) is 9.99. The van der Waals surface area contributed by atoms with Gasteiger partial charge in [0.1, 0.15) is 5.82 Å². The fraction of sp³-hybridized carbons (Fsp3) is 0.450. The van der Waals surface area contributed by atoms with Crippen molar-refractivity contribution in [1.29, 1.82) is 0 Å². The van der Waals surface area contributed by atoms with Crippen molar-refractivity contribution in [2.75, 3.05) is 25.0 Å². The molecule has 30 heavy (non-hydrogen) atoms. The van der Waals surface area contributed by atoms with Crippen LogP contribution in [0.3, 0.4) is 0 Å². The summed E-state index contributed by atoms with van der Waals surface area (Å²) in [6.45, 7) is 4.42. The Morgan fingerprint density at radius 3 is 2.63 bits per heavy atom. The fourth-order valence-electron chi connectivity index (χ4n) is 3.43. The molecule has 1 aromatic carbocycles. The summed E-state index contributed by atoms with van der Waals surface area (Å²) < 4.78 is 26.7. The molecule has 3 N–H and O–H groups in total. The third-order valence-electron chi connectivity index (χ3n) is 5.06. The number of H-pyrrole nitrogens is 1. The average Bonchev–Trinajstić information content (AvgIpc) is 3.20. The van der Waals surface area contributed by atoms with Crippen molar-refractivity contribution in [2.45, 2.75) is 38.6 Å². The molecule has 2 heterocycles. The number of benzene rings is 1. The number of aromatic amines is 1. The van der Waals surface area contributed by atoms with Gasteiger partial charge < -0.3 is 15.5 Å². The summed E-state index contributed by atoms with van der Waals surface area (Å²) in [6.07, 6.45) is 3.60. The topological polar surface area (TPSA) is 90.1 Å². The number of piperidine rings is 1. The van der Waals surface area contributed by atoms with Crippen LogP contribution in [-0.4, -0.2) is 52.6 Å². The summed E-state index contributed by atoms with van der Waals surface area (Å²) in [5.74, 6) is -3.12. The normalized spacial score (nSPS) is 14.5. The van der Waals surface area contributed by atoms with Gasteiger partial charge in [-0.3, -0.25) is 14.7 Å². The third kappa shape index (κ3) is 5.14. The van der Waals surface area contributed by atoms with Gasteiger partial charge in [-0.25, -0.2) is 8.78 Å². The first-order chi connectivity index (χ1) is 14.4. The number of hydrogen-bond acceptors (Lipinski definition) is 4. The van der Waals surface area contributed by atoms with Crippen molar-refractivity contribution in [3.8, 4) is 0 Å². The summed E-state index contributed by atoms with van der Waals surface area (Å²) in [4.78, 5) is 27.3. The summed E-state index contributed by atoms with van der Waals surface area (Å²) in [5.41, 5.74) is -0.0476. The highest BCUT2D eigenvalue weighted by Gasteiger charge is 2.27. The highest BCUT2D eigenvalue weighted by molar-refractivity contribution is 6.34. The first kappa shape index (κ1) is 22.2. The van der Waals surface area contributed by atoms with E-state index in [0.717, 1.165) is 50.9 Å². The average molecular weight is 440 g/mol. The van der Waals surface area contributed by atoms with E-state index in [4.69, 9.17) is 11.6 Å². The molecule has 162 valence electrons. The Morgan fingerprint density at radius 2 is 1.93 bits per heavy atom. The van der Waals surface area contributed by atoms with E-state index in [1.54, 1.807) is 0 Å². The third-order valence-corrected chi connectivity index (χ3v) is 5.38. The number of carbonyl (C=O) groups is 2. The second-order valence-electron chi connectivity index (χ2n) is 7.20. The number of amides is 2. The zero-order valence-corrected chi connectivity index (χ0v) is 17.4. The Hall–Kier alpha value is -2.52. The van der Waals surface area contributed by atoms with Crippen LogP contribution >= 0.6 is 11.6 Å². The maximum Gasteiger partial charge on any atom is 0.274 e. The van der Waals surface area contributed by atoms with Crippen molar-refractivity contribution in [1.82, 2.24) is 20.4 Å². The first-order valence-electron chi connectivity index (χ1n) is 9.93. The number of carbonyl (C=O) groups excluding carboxylic acids is 2. The molecule has 0 saturated carbocycles. The van der Waals surface area contributed by atoms with Crippen LogP contribution in [0.15, 0.2) is 18.2 Å². The minimum Gasteiger partial charge on any atom is -0.334 e. The van der Waals surface area contributed by atoms with E-state index in [2.05, 4.69) is 27.8 Å². The molecule has 0 atom stereocenters. The molecule has 1 aliphatic rings. The Morgan fingerprint density at radius 1 is 1.23 bits per heavy atom. The van der Waals surface area contributed by atoms with Crippen molar-refractivity contribution in [3.05, 3.63) is 46.1 Å². The van der Waals surface area contributed by atoms with E-state index in [9.17, 15) is 18.4 Å². The number of hydrogen-bond donors (Lipinski definition) is 3. The highest BCUT2D eigenvalue weighted by atomic mass is 35.5. The number of nitrogens with zero attached hydrogens (tertiary/aromatic N) is 2. The monoisotopic (exact) mass is 439 g/mol. The van der Waals surface area contributed by atoms with Crippen LogP contribution in [0.2, 0.25) is 5.02 Å². The SMILES string of the molecule is CCCCN(C(=O)c1cc(NC(=O)c2cc(F)c(F)cc2Cl)[nH]n1)C1CCNCC1. The lowest BCUT2D eigenvalue weighted by Crippen LogP contribution is -2.46. The first-order valence-corrected chi connectivity index (χ1v) is 10.3. The van der Waals surface area contributed by atoms with Gasteiger partial charge in [0, 0.05) is 18.7 Å². The molecule has 0 aliphatic carbocycles. The Labute approximate surface area is 178 Å². The molecule has 1 saturated heterocycles. The van der Waals surface area contributed by atoms with Gasteiger partial charge in [-0.05, 0) is 44.5 Å². The van der Waals surface area contributed by atoms with Gasteiger partial charge in [-0.1, -0.05) is 24.9 Å². The summed E-state index contributed by atoms with van der Waals surface area (Å²) >= 11 is 5.84. The number of rotatable bonds is 7. The molecule has 0 radical (unpaired) electrons. The largest absolute Gasteiger partial charge is 0.334 e. The number of aromatic nitrogens is 2. The van der Waals surface area contributed by atoms with E-state index in [0.29, 0.717) is 6.54 Å². The zero-order valence-electron chi connectivity index (χ0n) is 16.6. The molecular weight excluding hydrogens is 416 g/mol. The van der Waals surface area contributed by atoms with Crippen LogP contribution in [0.25, 0.3) is 0 Å². The Kier molecular flexibility index (Phi) is 7.38. The van der Waals surface area contributed by atoms with Crippen LogP contribution in [0.4, 0.5) is 14.6 Å². The van der Waals surface area contributed by atoms with Gasteiger partial charge >= 0.3 is 0 Å². The Bertz CT molecular complexity index is 915. The molecule has 0 unspecified atom stereocenters. The molecule has 10 heteroatoms. The lowest BCUT2D eigenvalue weighted by Gasteiger charge is -2.34. The summed E-state index contributed by atoms with van der Waals surface area (Å²) in [5, 5.41) is 12.2. The van der Waals surface area contributed by atoms with Gasteiger partial charge in [-0.15, -0.1) is 0 Å². The van der Waals surface area contributed by atoms with Crippen molar-refractivity contribution in [3.63, 3.8) is 0 Å². The van der Waals surface area contributed by atoms with E-state index < -0.39 is 17.5 Å². The molecule has 0 spiro atoms. The summed E-state index contributed by atoms with van der Waals surface area (Å²) in [7, 11) is 0. The quantitative estimate of drug-likeness (QED) is 0.575. The standard InChI is InChI=1S/C20H24ClF2N5O2/c1-2-3-8-28(12-4-6-24-7-5-12)20(30)17-11-18(27-26-17)25-19(29)13-9-15(22)16(23)10-14(13)21/h9-12,24H,2-8H2,1H3,(H2,25,26,27,29). The molecule has 7 nitrogen and oxygen atoms in total. The van der Waals surface area contributed by atoms with E-state index in [1.807, 2.05) is 4.90 Å². The van der Waals surface area contributed by atoms with E-state index >= 15 is 0 Å². The molecule has 2 aromatic rings. The minimum atomic E-state index is -1.18. The maximum atomic E-state index is 13.4. The van der Waals surface area contributed by atoms with E-state index in [-0.39, 0.29) is 34.0 Å². The molecular formula is C20H24ClF2N5O2. The number of anilines is 1. The van der Waals surface area contributed by atoms with Crippen LogP contribution < -0.4 is 10.6 Å². The zero-order chi connectivity index (χ0) is 21.7. The lowest BCUT2D eigenvalue weighted by atomic mass is 10.0. The van der Waals surface area contributed by atoms with Crippen molar-refractivity contribution < 1.29 is 18.4 Å². The second-order valence-corrected chi connectivity index (χ2v) is 7.61. The van der Waals surface area contributed by atoms with Gasteiger partial charge in [0.2, 0.25) is 0 Å². The number of halogens is 3. The van der Waals surface area contributed by atoms with Crippen LogP contribution in [0, 0.1) is 11.6 Å². The van der Waals surface area contributed by atoms with Crippen LogP contribution in [0.1, 0.15) is 53.5 Å². The predicted octanol–water partition coefficient (Wildman–Crippen LogP) is 3.59. The Balaban J connectivity index is 1.73. The number of unbranched alkanes of at least 4 members (excludes halogenated alkanes) is 1. The van der Waals surface area contributed by atoms with Gasteiger partial charge in [0.15, 0.2) is 17.3 Å². The molecule has 1 aliphatic heterocycles. The predicted molar refractivity (Wildman–Crippen MR) is 110 cm³/mol. The van der Waals surface area contributed by atoms with E-state index in [1.165, 1.54) is 6.07 Å². The summed E-state index contributed by atoms with van der Waals surface area (Å²) in [6, 6.07) is 3.02. The molecule has 3 rings (SSSR count). The van der Waals surface area contributed by atoms with Crippen molar-refractivity contribution >= 4 is 29.2 Å². The van der Waals surface area contributed by atoms with Gasteiger partial charge in [-0.2, -0.15) is 5.10 Å². The minimum absolute atomic E-state index is 0.140. The molecule has 1 aromatic heterocycles. The molecule has 1 fully saturated rings. The molecule has 2 amide bonds. The van der Waals surface area contributed by atoms with Crippen LogP contribution in [-0.2, 0) is 0 Å². The fourth-order valence-corrected chi connectivity index (χ4v) is 3.66. The lowest BCUT2D eigenvalue weighted by molar-refractivity contribution is 0.0633. The molecule has 0 bridgehead atoms. The van der Waals surface area contributed by atoms with Crippen LogP contribution in [0.5, 0.6) is 0 Å². The highest BCUT2D eigenvalue weighted by Crippen LogP contribution is 2.22. The van der Waals surface area contributed by atoms with Crippen molar-refractivity contribution in [2.24, 2.45) is 0 Å². The smallest absolute Gasteiger partial charge is 0.274 e. The van der Waals surface area contributed by atoms with Gasteiger partial charge in [0.05, 0.1) is 10.6 Å². The maximum absolute atomic E-state index is 13.4. The number of nitrogens with one attached hydrogen (secondary N) is 3.